The lowest BCUT2D eigenvalue weighted by Gasteiger charge is -2.33. The molecule has 7 nitrogen and oxygen atoms in total. The van der Waals surface area contributed by atoms with Gasteiger partial charge in [0.15, 0.2) is 12.3 Å². The third kappa shape index (κ3) is 3.63. The minimum absolute atomic E-state index is 0.0151. The van der Waals surface area contributed by atoms with Gasteiger partial charge in [0.1, 0.15) is 0 Å². The van der Waals surface area contributed by atoms with Crippen LogP contribution in [0.4, 0.5) is 0 Å². The molecule has 7 heteroatoms. The molecule has 1 atom stereocenters. The molecule has 29 heavy (non-hydrogen) atoms. The summed E-state index contributed by atoms with van der Waals surface area (Å²) in [6.45, 7) is -0.386. The van der Waals surface area contributed by atoms with Gasteiger partial charge in [-0.25, -0.2) is 9.89 Å². The predicted octanol–water partition coefficient (Wildman–Crippen LogP) is 2.62. The summed E-state index contributed by atoms with van der Waals surface area (Å²) in [5.74, 6) is -1.03. The molecule has 0 saturated carbocycles. The number of aryl methyl sites for hydroxylation is 1. The van der Waals surface area contributed by atoms with E-state index in [4.69, 9.17) is 4.74 Å². The third-order valence-electron chi connectivity index (χ3n) is 5.41. The van der Waals surface area contributed by atoms with Crippen LogP contribution in [0.1, 0.15) is 40.5 Å². The molecule has 1 aliphatic rings. The molecule has 1 amide bonds. The van der Waals surface area contributed by atoms with Gasteiger partial charge in [-0.15, -0.1) is 0 Å². The Hall–Kier alpha value is -3.48. The minimum Gasteiger partial charge on any atom is -0.451 e. The zero-order chi connectivity index (χ0) is 20.4. The first-order valence-corrected chi connectivity index (χ1v) is 9.54. The number of hydrogen-bond acceptors (Lipinski definition) is 5. The second-order valence-corrected chi connectivity index (χ2v) is 7.13. The SMILES string of the molecule is CN(C(=O)COC(=O)c1n[nH]c(=O)c2ccccc12)[C@H]1CCCc2ccccc21. The number of carbonyl (C=O) groups is 2. The molecule has 0 saturated heterocycles. The highest BCUT2D eigenvalue weighted by atomic mass is 16.5. The normalized spacial score (nSPS) is 15.6. The molecule has 1 heterocycles. The van der Waals surface area contributed by atoms with Crippen LogP contribution in [0.5, 0.6) is 0 Å². The molecular weight excluding hydrogens is 370 g/mol. The summed E-state index contributed by atoms with van der Waals surface area (Å²) < 4.78 is 5.22. The van der Waals surface area contributed by atoms with E-state index in [-0.39, 0.29) is 29.8 Å². The van der Waals surface area contributed by atoms with E-state index in [1.807, 2.05) is 18.2 Å². The van der Waals surface area contributed by atoms with E-state index < -0.39 is 5.97 Å². The molecule has 4 rings (SSSR count). The van der Waals surface area contributed by atoms with Crippen LogP contribution in [0.3, 0.4) is 0 Å². The number of esters is 1. The lowest BCUT2D eigenvalue weighted by molar-refractivity contribution is -0.135. The highest BCUT2D eigenvalue weighted by molar-refractivity contribution is 6.02. The average molecular weight is 391 g/mol. The van der Waals surface area contributed by atoms with Crippen LogP contribution in [0.2, 0.25) is 0 Å². The molecule has 0 bridgehead atoms. The maximum Gasteiger partial charge on any atom is 0.359 e. The number of aromatic nitrogens is 2. The fourth-order valence-corrected chi connectivity index (χ4v) is 3.87. The van der Waals surface area contributed by atoms with E-state index in [1.54, 1.807) is 36.2 Å². The lowest BCUT2D eigenvalue weighted by atomic mass is 9.87. The van der Waals surface area contributed by atoms with Gasteiger partial charge in [-0.05, 0) is 36.5 Å². The van der Waals surface area contributed by atoms with Crippen LogP contribution in [-0.4, -0.2) is 40.6 Å². The van der Waals surface area contributed by atoms with Gasteiger partial charge < -0.3 is 9.64 Å². The molecule has 0 aliphatic heterocycles. The predicted molar refractivity (Wildman–Crippen MR) is 108 cm³/mol. The zero-order valence-electron chi connectivity index (χ0n) is 16.1. The van der Waals surface area contributed by atoms with Crippen LogP contribution in [-0.2, 0) is 16.0 Å². The molecule has 0 unspecified atom stereocenters. The largest absolute Gasteiger partial charge is 0.451 e. The summed E-state index contributed by atoms with van der Waals surface area (Å²) in [5.41, 5.74) is 2.00. The maximum absolute atomic E-state index is 12.7. The molecule has 0 radical (unpaired) electrons. The van der Waals surface area contributed by atoms with Crippen molar-refractivity contribution in [3.63, 3.8) is 0 Å². The number of nitrogens with zero attached hydrogens (tertiary/aromatic N) is 2. The molecule has 2 aromatic carbocycles. The Morgan fingerprint density at radius 3 is 2.69 bits per heavy atom. The highest BCUT2D eigenvalue weighted by Crippen LogP contribution is 2.33. The standard InChI is InChI=1S/C22H21N3O4/c1-25(18-12-6-8-14-7-2-3-9-15(14)18)19(26)13-29-22(28)20-16-10-4-5-11-17(16)21(27)24-23-20/h2-5,7,9-11,18H,6,8,12-13H2,1H3,(H,24,27)/t18-/m0/s1. The van der Waals surface area contributed by atoms with E-state index >= 15 is 0 Å². The smallest absolute Gasteiger partial charge is 0.359 e. The van der Waals surface area contributed by atoms with E-state index in [9.17, 15) is 14.4 Å². The highest BCUT2D eigenvalue weighted by Gasteiger charge is 2.27. The van der Waals surface area contributed by atoms with Crippen molar-refractivity contribution in [1.82, 2.24) is 15.1 Å². The number of aromatic amines is 1. The molecule has 148 valence electrons. The average Bonchev–Trinajstić information content (AvgIpc) is 2.76. The van der Waals surface area contributed by atoms with Crippen molar-refractivity contribution in [3.8, 4) is 0 Å². The van der Waals surface area contributed by atoms with Crippen molar-refractivity contribution in [2.75, 3.05) is 13.7 Å². The van der Waals surface area contributed by atoms with Crippen molar-refractivity contribution in [2.45, 2.75) is 25.3 Å². The van der Waals surface area contributed by atoms with Crippen LogP contribution in [0.15, 0.2) is 53.3 Å². The number of amides is 1. The van der Waals surface area contributed by atoms with Gasteiger partial charge in [0, 0.05) is 12.4 Å². The fourth-order valence-electron chi connectivity index (χ4n) is 3.87. The van der Waals surface area contributed by atoms with E-state index in [1.165, 1.54) is 5.56 Å². The van der Waals surface area contributed by atoms with Crippen molar-refractivity contribution < 1.29 is 14.3 Å². The number of carbonyl (C=O) groups excluding carboxylic acids is 2. The van der Waals surface area contributed by atoms with E-state index in [0.717, 1.165) is 24.8 Å². The number of rotatable bonds is 4. The first kappa shape index (κ1) is 18.9. The summed E-state index contributed by atoms with van der Waals surface area (Å²) in [4.78, 5) is 38.7. The molecule has 0 fully saturated rings. The first-order valence-electron chi connectivity index (χ1n) is 9.54. The summed E-state index contributed by atoms with van der Waals surface area (Å²) >= 11 is 0. The maximum atomic E-state index is 12.7. The number of H-pyrrole nitrogens is 1. The number of ether oxygens (including phenoxy) is 1. The van der Waals surface area contributed by atoms with Crippen LogP contribution >= 0.6 is 0 Å². The second kappa shape index (κ2) is 7.87. The van der Waals surface area contributed by atoms with E-state index in [0.29, 0.717) is 10.8 Å². The topological polar surface area (TPSA) is 92.4 Å². The minimum atomic E-state index is -0.747. The zero-order valence-corrected chi connectivity index (χ0v) is 16.1. The Kier molecular flexibility index (Phi) is 5.12. The summed E-state index contributed by atoms with van der Waals surface area (Å²) in [7, 11) is 1.73. The van der Waals surface area contributed by atoms with Crippen molar-refractivity contribution in [1.29, 1.82) is 0 Å². The van der Waals surface area contributed by atoms with Gasteiger partial charge in [-0.1, -0.05) is 42.5 Å². The Morgan fingerprint density at radius 2 is 1.86 bits per heavy atom. The molecule has 1 aromatic heterocycles. The lowest BCUT2D eigenvalue weighted by Crippen LogP contribution is -2.36. The molecule has 1 N–H and O–H groups in total. The van der Waals surface area contributed by atoms with Crippen molar-refractivity contribution >= 4 is 22.6 Å². The van der Waals surface area contributed by atoms with Gasteiger partial charge in [0.05, 0.1) is 11.4 Å². The Morgan fingerprint density at radius 1 is 1.14 bits per heavy atom. The van der Waals surface area contributed by atoms with Gasteiger partial charge >= 0.3 is 5.97 Å². The van der Waals surface area contributed by atoms with E-state index in [2.05, 4.69) is 16.3 Å². The number of nitrogens with one attached hydrogen (secondary N) is 1. The van der Waals surface area contributed by atoms with Gasteiger partial charge in [0.2, 0.25) is 0 Å². The third-order valence-corrected chi connectivity index (χ3v) is 5.41. The molecular formula is C22H21N3O4. The van der Waals surface area contributed by atoms with Crippen LogP contribution < -0.4 is 5.56 Å². The Labute approximate surface area is 167 Å². The fraction of sp³-hybridized carbons (Fsp3) is 0.273. The van der Waals surface area contributed by atoms with Crippen LogP contribution in [0, 0.1) is 0 Å². The number of fused-ring (bicyclic) bond motifs is 2. The molecule has 0 spiro atoms. The summed E-state index contributed by atoms with van der Waals surface area (Å²) in [6.07, 6.45) is 2.89. The Balaban J connectivity index is 1.47. The monoisotopic (exact) mass is 391 g/mol. The number of hydrogen-bond donors (Lipinski definition) is 1. The quantitative estimate of drug-likeness (QED) is 0.690. The Bertz CT molecular complexity index is 1140. The van der Waals surface area contributed by atoms with Gasteiger partial charge in [0.25, 0.3) is 11.5 Å². The number of benzene rings is 2. The molecule has 1 aliphatic carbocycles. The first-order chi connectivity index (χ1) is 14.1. The van der Waals surface area contributed by atoms with Gasteiger partial charge in [-0.2, -0.15) is 5.10 Å². The second-order valence-electron chi connectivity index (χ2n) is 7.13. The van der Waals surface area contributed by atoms with Crippen molar-refractivity contribution in [3.05, 3.63) is 75.7 Å². The molecule has 3 aromatic rings. The van der Waals surface area contributed by atoms with Crippen LogP contribution in [0.25, 0.3) is 10.8 Å². The number of likely N-dealkylation sites (N-methyl/N-ethyl adjacent to an activating group) is 1. The van der Waals surface area contributed by atoms with Gasteiger partial charge in [-0.3, -0.25) is 9.59 Å². The van der Waals surface area contributed by atoms with Crippen molar-refractivity contribution in [2.24, 2.45) is 0 Å². The summed E-state index contributed by atoms with van der Waals surface area (Å²) in [5, 5.41) is 6.84. The summed E-state index contributed by atoms with van der Waals surface area (Å²) in [6, 6.07) is 14.7.